The van der Waals surface area contributed by atoms with Crippen LogP contribution in [0.15, 0.2) is 53.6 Å². The second-order valence-electron chi connectivity index (χ2n) is 6.23. The summed E-state index contributed by atoms with van der Waals surface area (Å²) in [5, 5.41) is 3.68. The molecule has 10 heteroatoms. The molecule has 0 aliphatic carbocycles. The van der Waals surface area contributed by atoms with E-state index in [0.717, 1.165) is 5.56 Å². The van der Waals surface area contributed by atoms with Gasteiger partial charge in [0, 0.05) is 16.0 Å². The first kappa shape index (κ1) is 23.8. The fourth-order valence-electron chi connectivity index (χ4n) is 2.84. The summed E-state index contributed by atoms with van der Waals surface area (Å²) in [5.74, 6) is -1.17. The number of halogens is 1. The number of hydrogen-bond donors (Lipinski definition) is 0. The molecule has 9 nitrogen and oxygen atoms in total. The van der Waals surface area contributed by atoms with Crippen molar-refractivity contribution in [1.82, 2.24) is 4.98 Å². The lowest BCUT2D eigenvalue weighted by Gasteiger charge is -2.13. The molecule has 0 atom stereocenters. The fourth-order valence-corrected chi connectivity index (χ4v) is 2.84. The average Bonchev–Trinajstić information content (AvgIpc) is 2.80. The lowest BCUT2D eigenvalue weighted by atomic mass is 10.0. The van der Waals surface area contributed by atoms with E-state index in [9.17, 15) is 9.18 Å². The minimum absolute atomic E-state index is 0.0297. The van der Waals surface area contributed by atoms with Gasteiger partial charge in [-0.2, -0.15) is 9.59 Å². The van der Waals surface area contributed by atoms with E-state index in [1.807, 2.05) is 19.1 Å². The van der Waals surface area contributed by atoms with Crippen molar-refractivity contribution in [2.75, 3.05) is 14.2 Å². The van der Waals surface area contributed by atoms with Gasteiger partial charge in [-0.05, 0) is 36.7 Å². The zero-order chi connectivity index (χ0) is 23.7. The van der Waals surface area contributed by atoms with Gasteiger partial charge in [0.25, 0.3) is 0 Å². The molecule has 0 radical (unpaired) electrons. The number of hydrogen-bond acceptors (Lipinski definition) is 7. The summed E-state index contributed by atoms with van der Waals surface area (Å²) < 4.78 is 24.0. The van der Waals surface area contributed by atoms with Gasteiger partial charge < -0.3 is 9.47 Å². The van der Waals surface area contributed by atoms with Crippen LogP contribution < -0.4 is 4.74 Å². The van der Waals surface area contributed by atoms with Crippen LogP contribution in [0.25, 0.3) is 33.0 Å². The van der Waals surface area contributed by atoms with Crippen LogP contribution in [-0.2, 0) is 14.3 Å². The topological polar surface area (TPSA) is 131 Å². The number of rotatable bonds is 5. The molecule has 1 heterocycles. The number of carbonyl (C=O) groups excluding carboxylic acids is 3. The maximum atomic E-state index is 14.2. The molecule has 0 amide bonds. The average molecular weight is 436 g/mol. The van der Waals surface area contributed by atoms with Crippen molar-refractivity contribution in [2.45, 2.75) is 6.92 Å². The SMILES string of the molecule is COC(=O)c1cc(-c2ccc(OC)c(F)c2)nc(-c2ccc(C)cc2)c1N=[N+]=[N-].O=C=O. The molecule has 32 heavy (non-hydrogen) atoms. The molecular weight excluding hydrogens is 419 g/mol. The Balaban J connectivity index is 0.00000114. The summed E-state index contributed by atoms with van der Waals surface area (Å²) in [6.07, 6.45) is 0.250. The van der Waals surface area contributed by atoms with Crippen molar-refractivity contribution < 1.29 is 28.2 Å². The van der Waals surface area contributed by atoms with Crippen molar-refractivity contribution in [1.29, 1.82) is 0 Å². The van der Waals surface area contributed by atoms with E-state index >= 15 is 0 Å². The Morgan fingerprint density at radius 3 is 2.25 bits per heavy atom. The highest BCUT2D eigenvalue weighted by Crippen LogP contribution is 2.36. The molecule has 0 saturated carbocycles. The molecule has 0 aliphatic rings. The number of azide groups is 1. The van der Waals surface area contributed by atoms with Crippen LogP contribution in [0.2, 0.25) is 0 Å². The van der Waals surface area contributed by atoms with Gasteiger partial charge >= 0.3 is 12.1 Å². The first-order valence-electron chi connectivity index (χ1n) is 8.98. The van der Waals surface area contributed by atoms with E-state index in [-0.39, 0.29) is 28.8 Å². The minimum atomic E-state index is -0.696. The number of aromatic nitrogens is 1. The number of methoxy groups -OCH3 is 2. The third-order valence-electron chi connectivity index (χ3n) is 4.32. The second-order valence-corrected chi connectivity index (χ2v) is 6.23. The van der Waals surface area contributed by atoms with E-state index in [0.29, 0.717) is 16.8 Å². The van der Waals surface area contributed by atoms with Crippen molar-refractivity contribution in [2.24, 2.45) is 5.11 Å². The highest BCUT2D eigenvalue weighted by Gasteiger charge is 2.20. The first-order chi connectivity index (χ1) is 15.4. The highest BCUT2D eigenvalue weighted by molar-refractivity contribution is 5.99. The molecule has 0 unspecified atom stereocenters. The Kier molecular flexibility index (Phi) is 8.19. The van der Waals surface area contributed by atoms with Crippen LogP contribution in [0.5, 0.6) is 5.75 Å². The number of esters is 1. The number of nitrogens with zero attached hydrogens (tertiary/aromatic N) is 4. The number of ether oxygens (including phenoxy) is 2. The van der Waals surface area contributed by atoms with Crippen LogP contribution in [0.1, 0.15) is 15.9 Å². The van der Waals surface area contributed by atoms with Crippen molar-refractivity contribution >= 4 is 17.8 Å². The number of benzene rings is 2. The summed E-state index contributed by atoms with van der Waals surface area (Å²) in [6.45, 7) is 1.93. The van der Waals surface area contributed by atoms with Gasteiger partial charge in [-0.25, -0.2) is 14.2 Å². The molecule has 0 spiro atoms. The molecule has 3 rings (SSSR count). The molecule has 0 aliphatic heterocycles. The zero-order valence-corrected chi connectivity index (χ0v) is 17.3. The molecule has 3 aromatic rings. The lowest BCUT2D eigenvalue weighted by Crippen LogP contribution is -2.05. The summed E-state index contributed by atoms with van der Waals surface area (Å²) >= 11 is 0. The van der Waals surface area contributed by atoms with Gasteiger partial charge in [0.1, 0.15) is 0 Å². The van der Waals surface area contributed by atoms with Gasteiger partial charge in [-0.15, -0.1) is 0 Å². The number of pyridine rings is 1. The predicted molar refractivity (Wildman–Crippen MR) is 112 cm³/mol. The Morgan fingerprint density at radius 2 is 1.72 bits per heavy atom. The summed E-state index contributed by atoms with van der Waals surface area (Å²) in [4.78, 5) is 36.0. The standard InChI is InChI=1S/C21H17FN4O3.CO2/c1-12-4-6-13(7-5-12)19-20(25-26-23)15(21(27)29-3)11-17(24-19)14-8-9-18(28-2)16(22)10-14;2-1-3/h4-11H,1-3H3;. The van der Waals surface area contributed by atoms with E-state index < -0.39 is 11.8 Å². The molecule has 0 fully saturated rings. The van der Waals surface area contributed by atoms with Crippen LogP contribution in [0.4, 0.5) is 10.1 Å². The molecule has 0 N–H and O–H groups in total. The van der Waals surface area contributed by atoms with Crippen molar-refractivity contribution in [3.8, 4) is 28.3 Å². The normalized spacial score (nSPS) is 9.50. The van der Waals surface area contributed by atoms with E-state index in [2.05, 4.69) is 15.0 Å². The van der Waals surface area contributed by atoms with E-state index in [4.69, 9.17) is 24.6 Å². The summed E-state index contributed by atoms with van der Waals surface area (Å²) in [5.41, 5.74) is 11.8. The highest BCUT2D eigenvalue weighted by atomic mass is 19.1. The molecule has 162 valence electrons. The Hall–Kier alpha value is -4.52. The van der Waals surface area contributed by atoms with E-state index in [1.54, 1.807) is 18.2 Å². The van der Waals surface area contributed by atoms with Crippen LogP contribution >= 0.6 is 0 Å². The predicted octanol–water partition coefficient (Wildman–Crippen LogP) is 5.02. The van der Waals surface area contributed by atoms with Gasteiger partial charge in [-0.3, -0.25) is 0 Å². The zero-order valence-electron chi connectivity index (χ0n) is 17.3. The van der Waals surface area contributed by atoms with Crippen molar-refractivity contribution in [3.63, 3.8) is 0 Å². The Labute approximate surface area is 182 Å². The van der Waals surface area contributed by atoms with Gasteiger partial charge in [0.15, 0.2) is 11.6 Å². The van der Waals surface area contributed by atoms with E-state index in [1.165, 1.54) is 32.4 Å². The maximum Gasteiger partial charge on any atom is 0.373 e. The Morgan fingerprint density at radius 1 is 1.09 bits per heavy atom. The molecular formula is C22H17FN4O5. The minimum Gasteiger partial charge on any atom is -0.494 e. The van der Waals surface area contributed by atoms with Gasteiger partial charge in [-0.1, -0.05) is 34.9 Å². The molecule has 0 saturated heterocycles. The molecule has 1 aromatic heterocycles. The quantitative estimate of drug-likeness (QED) is 0.239. The monoisotopic (exact) mass is 436 g/mol. The Bertz CT molecular complexity index is 1220. The van der Waals surface area contributed by atoms with Crippen LogP contribution in [0.3, 0.4) is 0 Å². The smallest absolute Gasteiger partial charge is 0.373 e. The third kappa shape index (κ3) is 5.34. The lowest BCUT2D eigenvalue weighted by molar-refractivity contribution is -0.191. The van der Waals surface area contributed by atoms with Gasteiger partial charge in [0.2, 0.25) is 0 Å². The number of carbonyl (C=O) groups is 1. The summed E-state index contributed by atoms with van der Waals surface area (Å²) in [7, 11) is 2.59. The summed E-state index contributed by atoms with van der Waals surface area (Å²) in [6, 6.07) is 13.1. The largest absolute Gasteiger partial charge is 0.494 e. The van der Waals surface area contributed by atoms with Gasteiger partial charge in [0.05, 0.1) is 36.9 Å². The maximum absolute atomic E-state index is 14.2. The second kappa shape index (κ2) is 11.0. The first-order valence-corrected chi connectivity index (χ1v) is 8.98. The fraction of sp³-hybridized carbons (Fsp3) is 0.136. The number of aryl methyl sites for hydroxylation is 1. The van der Waals surface area contributed by atoms with Crippen molar-refractivity contribution in [3.05, 3.63) is 75.9 Å². The van der Waals surface area contributed by atoms with Crippen LogP contribution in [-0.4, -0.2) is 31.3 Å². The molecule has 0 bridgehead atoms. The molecule has 2 aromatic carbocycles. The van der Waals surface area contributed by atoms with Crippen LogP contribution in [0, 0.1) is 12.7 Å². The third-order valence-corrected chi connectivity index (χ3v) is 4.32.